The largest absolute Gasteiger partial charge is 0.508 e. The maximum atomic E-state index is 12.2. The molecule has 0 aromatic heterocycles. The molecule has 0 aliphatic carbocycles. The highest BCUT2D eigenvalue weighted by atomic mass is 16.5. The van der Waals surface area contributed by atoms with Crippen LogP contribution in [0, 0.1) is 0 Å². The smallest absolute Gasteiger partial charge is 0.340 e. The molecule has 2 aromatic rings. The van der Waals surface area contributed by atoms with Crippen LogP contribution in [-0.2, 0) is 4.74 Å². The Labute approximate surface area is 171 Å². The second-order valence-electron chi connectivity index (χ2n) is 6.98. The number of rotatable bonds is 8. The molecule has 7 heteroatoms. The van der Waals surface area contributed by atoms with Gasteiger partial charge in [0.2, 0.25) is 0 Å². The number of ether oxygens (including phenoxy) is 2. The lowest BCUT2D eigenvalue weighted by molar-refractivity contribution is 0.0526. The average Bonchev–Trinajstić information content (AvgIpc) is 2.74. The lowest BCUT2D eigenvalue weighted by Crippen LogP contribution is -2.49. The van der Waals surface area contributed by atoms with Gasteiger partial charge in [0, 0.05) is 32.7 Å². The summed E-state index contributed by atoms with van der Waals surface area (Å²) in [5.74, 6) is 0.495. The first-order valence-corrected chi connectivity index (χ1v) is 9.90. The normalized spacial score (nSPS) is 15.7. The topological polar surface area (TPSA) is 82.5 Å². The summed E-state index contributed by atoms with van der Waals surface area (Å²) >= 11 is 0. The summed E-state index contributed by atoms with van der Waals surface area (Å²) in [6.07, 6.45) is -0.609. The Morgan fingerprint density at radius 1 is 1.07 bits per heavy atom. The van der Waals surface area contributed by atoms with Crippen LogP contribution in [0.15, 0.2) is 48.5 Å². The van der Waals surface area contributed by atoms with Crippen LogP contribution >= 0.6 is 0 Å². The van der Waals surface area contributed by atoms with Gasteiger partial charge in [-0.15, -0.1) is 0 Å². The van der Waals surface area contributed by atoms with E-state index >= 15 is 0 Å². The predicted molar refractivity (Wildman–Crippen MR) is 111 cm³/mol. The molecule has 0 radical (unpaired) electrons. The Morgan fingerprint density at radius 3 is 2.45 bits per heavy atom. The summed E-state index contributed by atoms with van der Waals surface area (Å²) < 4.78 is 10.7. The fraction of sp³-hybridized carbons (Fsp3) is 0.409. The maximum Gasteiger partial charge on any atom is 0.340 e. The van der Waals surface area contributed by atoms with Gasteiger partial charge in [-0.05, 0) is 43.3 Å². The highest BCUT2D eigenvalue weighted by Gasteiger charge is 2.23. The second kappa shape index (κ2) is 10.1. The number of phenolic OH excluding ortho intramolecular Hbond substituents is 1. The van der Waals surface area contributed by atoms with Crippen LogP contribution in [0.3, 0.4) is 0 Å². The Balaban J connectivity index is 1.48. The number of carbonyl (C=O) groups is 1. The number of nitrogens with zero attached hydrogens (tertiary/aromatic N) is 2. The summed E-state index contributed by atoms with van der Waals surface area (Å²) in [4.78, 5) is 16.6. The Hall–Kier alpha value is -2.77. The Kier molecular flexibility index (Phi) is 7.32. The maximum absolute atomic E-state index is 12.2. The van der Waals surface area contributed by atoms with Gasteiger partial charge in [0.25, 0.3) is 0 Å². The first kappa shape index (κ1) is 21.0. The first-order chi connectivity index (χ1) is 14.1. The van der Waals surface area contributed by atoms with Crippen molar-refractivity contribution in [2.24, 2.45) is 0 Å². The zero-order valence-corrected chi connectivity index (χ0v) is 16.7. The van der Waals surface area contributed by atoms with Gasteiger partial charge in [-0.2, -0.15) is 0 Å². The van der Waals surface area contributed by atoms with Crippen molar-refractivity contribution < 1.29 is 24.5 Å². The molecule has 156 valence electrons. The number of aliphatic hydroxyl groups excluding tert-OH is 1. The molecule has 29 heavy (non-hydrogen) atoms. The number of piperazine rings is 1. The number of benzene rings is 2. The third-order valence-corrected chi connectivity index (χ3v) is 4.86. The minimum absolute atomic E-state index is 0.181. The average molecular weight is 400 g/mol. The number of phenols is 1. The number of aromatic hydroxyl groups is 1. The summed E-state index contributed by atoms with van der Waals surface area (Å²) in [5.41, 5.74) is 1.48. The standard InChI is InChI=1S/C22H28N2O5/c1-2-28-22(27)20-5-3-4-6-21(20)24-13-11-23(12-14-24)15-18(26)16-29-19-9-7-17(25)8-10-19/h3-10,18,25-26H,2,11-16H2,1H3. The van der Waals surface area contributed by atoms with E-state index in [1.54, 1.807) is 37.3 Å². The number of para-hydroxylation sites is 1. The summed E-state index contributed by atoms with van der Waals surface area (Å²) in [6.45, 7) is 5.97. The van der Waals surface area contributed by atoms with E-state index in [2.05, 4.69) is 9.80 Å². The molecule has 2 N–H and O–H groups in total. The van der Waals surface area contributed by atoms with Crippen molar-refractivity contribution in [2.75, 3.05) is 50.8 Å². The molecule has 1 saturated heterocycles. The third kappa shape index (κ3) is 5.85. The van der Waals surface area contributed by atoms with Crippen LogP contribution in [-0.4, -0.2) is 73.1 Å². The van der Waals surface area contributed by atoms with E-state index < -0.39 is 6.10 Å². The third-order valence-electron chi connectivity index (χ3n) is 4.86. The minimum atomic E-state index is -0.609. The molecule has 1 unspecified atom stereocenters. The number of anilines is 1. The fourth-order valence-corrected chi connectivity index (χ4v) is 3.39. The van der Waals surface area contributed by atoms with Crippen molar-refractivity contribution in [3.05, 3.63) is 54.1 Å². The van der Waals surface area contributed by atoms with E-state index in [0.29, 0.717) is 24.5 Å². The summed E-state index contributed by atoms with van der Waals surface area (Å²) in [7, 11) is 0. The van der Waals surface area contributed by atoms with Gasteiger partial charge in [-0.1, -0.05) is 12.1 Å². The fourth-order valence-electron chi connectivity index (χ4n) is 3.39. The van der Waals surface area contributed by atoms with Crippen molar-refractivity contribution in [1.82, 2.24) is 4.90 Å². The number of hydrogen-bond donors (Lipinski definition) is 2. The second-order valence-corrected chi connectivity index (χ2v) is 6.98. The van der Waals surface area contributed by atoms with Crippen LogP contribution in [0.4, 0.5) is 5.69 Å². The van der Waals surface area contributed by atoms with E-state index in [0.717, 1.165) is 31.9 Å². The molecule has 1 atom stereocenters. The van der Waals surface area contributed by atoms with Crippen LogP contribution in [0.2, 0.25) is 0 Å². The molecule has 2 aromatic carbocycles. The van der Waals surface area contributed by atoms with E-state index in [4.69, 9.17) is 9.47 Å². The van der Waals surface area contributed by atoms with E-state index in [-0.39, 0.29) is 18.3 Å². The lowest BCUT2D eigenvalue weighted by atomic mass is 10.1. The number of hydrogen-bond acceptors (Lipinski definition) is 7. The molecular formula is C22H28N2O5. The highest BCUT2D eigenvalue weighted by molar-refractivity contribution is 5.95. The molecule has 3 rings (SSSR count). The van der Waals surface area contributed by atoms with Crippen LogP contribution < -0.4 is 9.64 Å². The van der Waals surface area contributed by atoms with Gasteiger partial charge in [0.05, 0.1) is 17.9 Å². The van der Waals surface area contributed by atoms with Crippen LogP contribution in [0.25, 0.3) is 0 Å². The Morgan fingerprint density at radius 2 is 1.76 bits per heavy atom. The molecule has 7 nitrogen and oxygen atoms in total. The van der Waals surface area contributed by atoms with Crippen LogP contribution in [0.1, 0.15) is 17.3 Å². The molecule has 1 aliphatic rings. The van der Waals surface area contributed by atoms with E-state index in [9.17, 15) is 15.0 Å². The highest BCUT2D eigenvalue weighted by Crippen LogP contribution is 2.23. The quantitative estimate of drug-likeness (QED) is 0.657. The SMILES string of the molecule is CCOC(=O)c1ccccc1N1CCN(CC(O)COc2ccc(O)cc2)CC1. The molecule has 0 spiro atoms. The molecule has 0 bridgehead atoms. The van der Waals surface area contributed by atoms with Gasteiger partial charge in [0.1, 0.15) is 24.2 Å². The number of β-amino-alcohol motifs (C(OH)–C–C–N with tert-alkyl or cyclic N) is 1. The van der Waals surface area contributed by atoms with Crippen molar-refractivity contribution in [1.29, 1.82) is 0 Å². The number of aliphatic hydroxyl groups is 1. The molecule has 0 amide bonds. The van der Waals surface area contributed by atoms with Crippen molar-refractivity contribution in [2.45, 2.75) is 13.0 Å². The molecule has 1 aliphatic heterocycles. The molecular weight excluding hydrogens is 372 g/mol. The van der Waals surface area contributed by atoms with Gasteiger partial charge in [-0.25, -0.2) is 4.79 Å². The molecule has 1 heterocycles. The van der Waals surface area contributed by atoms with E-state index in [1.165, 1.54) is 0 Å². The minimum Gasteiger partial charge on any atom is -0.508 e. The van der Waals surface area contributed by atoms with Crippen molar-refractivity contribution in [3.8, 4) is 11.5 Å². The zero-order valence-electron chi connectivity index (χ0n) is 16.7. The van der Waals surface area contributed by atoms with E-state index in [1.807, 2.05) is 18.2 Å². The zero-order chi connectivity index (χ0) is 20.6. The lowest BCUT2D eigenvalue weighted by Gasteiger charge is -2.37. The first-order valence-electron chi connectivity index (χ1n) is 9.90. The monoisotopic (exact) mass is 400 g/mol. The summed E-state index contributed by atoms with van der Waals surface area (Å²) in [6, 6.07) is 13.9. The Bertz CT molecular complexity index is 788. The van der Waals surface area contributed by atoms with Gasteiger partial charge < -0.3 is 24.6 Å². The van der Waals surface area contributed by atoms with Crippen molar-refractivity contribution >= 4 is 11.7 Å². The summed E-state index contributed by atoms with van der Waals surface area (Å²) in [5, 5.41) is 19.6. The predicted octanol–water partition coefficient (Wildman–Crippen LogP) is 2.13. The van der Waals surface area contributed by atoms with Crippen molar-refractivity contribution in [3.63, 3.8) is 0 Å². The number of esters is 1. The van der Waals surface area contributed by atoms with Crippen LogP contribution in [0.5, 0.6) is 11.5 Å². The number of carbonyl (C=O) groups excluding carboxylic acids is 1. The molecule has 1 fully saturated rings. The molecule has 0 saturated carbocycles. The van der Waals surface area contributed by atoms with Gasteiger partial charge in [-0.3, -0.25) is 4.90 Å². The van der Waals surface area contributed by atoms with Gasteiger partial charge in [0.15, 0.2) is 0 Å². The van der Waals surface area contributed by atoms with Gasteiger partial charge >= 0.3 is 5.97 Å².